The zero-order valence-corrected chi connectivity index (χ0v) is 17.0. The lowest BCUT2D eigenvalue weighted by Crippen LogP contribution is -2.18. The van der Waals surface area contributed by atoms with Gasteiger partial charge in [0.2, 0.25) is 40.6 Å². The van der Waals surface area contributed by atoms with Gasteiger partial charge in [0, 0.05) is 0 Å². The highest BCUT2D eigenvalue weighted by molar-refractivity contribution is 5.44. The molecule has 0 amide bonds. The molecule has 0 aliphatic rings. The molecule has 0 saturated heterocycles. The smallest absolute Gasteiger partial charge is 0.422 e. The van der Waals surface area contributed by atoms with Crippen molar-refractivity contribution >= 4 is 0 Å². The highest BCUT2D eigenvalue weighted by Crippen LogP contribution is 2.43. The molecule has 2 nitrogen and oxygen atoms in total. The highest BCUT2D eigenvalue weighted by Gasteiger charge is 2.44. The average Bonchev–Trinajstić information content (AvgIpc) is 2.83. The van der Waals surface area contributed by atoms with Crippen LogP contribution in [0.5, 0.6) is 11.5 Å². The van der Waals surface area contributed by atoms with E-state index in [9.17, 15) is 75.4 Å². The molecule has 3 aromatic rings. The van der Waals surface area contributed by atoms with E-state index in [1.54, 1.807) is 0 Å². The molecule has 0 fully saturated rings. The van der Waals surface area contributed by atoms with E-state index in [4.69, 9.17) is 0 Å². The Labute approximate surface area is 197 Å². The fourth-order valence-electron chi connectivity index (χ4n) is 3.02. The first-order valence-corrected chi connectivity index (χ1v) is 9.02. The number of ether oxygens (including phenoxy) is 1. The maximum atomic E-state index is 14.5. The summed E-state index contributed by atoms with van der Waals surface area (Å²) >= 11 is 0. The van der Waals surface area contributed by atoms with E-state index in [2.05, 4.69) is 4.74 Å². The molecule has 0 radical (unpaired) electrons. The summed E-state index contributed by atoms with van der Waals surface area (Å²) in [5.74, 6) is -44.1. The van der Waals surface area contributed by atoms with Gasteiger partial charge in [-0.1, -0.05) is 0 Å². The molecule has 3 aromatic carbocycles. The Bertz CT molecular complexity index is 1390. The van der Waals surface area contributed by atoms with Gasteiger partial charge in [-0.05, 0) is 0 Å². The van der Waals surface area contributed by atoms with Gasteiger partial charge in [0.25, 0.3) is 0 Å². The van der Waals surface area contributed by atoms with Crippen LogP contribution in [0.2, 0.25) is 0 Å². The topological polar surface area (TPSA) is 29.5 Å². The first-order chi connectivity index (χ1) is 17.4. The second kappa shape index (κ2) is 9.55. The summed E-state index contributed by atoms with van der Waals surface area (Å²) in [6, 6.07) is 0. The van der Waals surface area contributed by atoms with Crippen LogP contribution < -0.4 is 4.74 Å². The lowest BCUT2D eigenvalue weighted by atomic mass is 9.98. The normalized spacial score (nSPS) is 12.8. The van der Waals surface area contributed by atoms with E-state index < -0.39 is 116 Å². The molecule has 1 N–H and O–H groups in total. The molecule has 0 saturated carbocycles. The van der Waals surface area contributed by atoms with Crippen molar-refractivity contribution in [3.05, 3.63) is 92.3 Å². The minimum atomic E-state index is -6.06. The van der Waals surface area contributed by atoms with Crippen molar-refractivity contribution in [1.82, 2.24) is 0 Å². The molecule has 1 atom stereocenters. The summed E-state index contributed by atoms with van der Waals surface area (Å²) in [5, 5.41) is 9.84. The number of hydrogen-bond donors (Lipinski definition) is 1. The third kappa shape index (κ3) is 4.25. The molecule has 1 unspecified atom stereocenters. The van der Waals surface area contributed by atoms with Crippen LogP contribution in [-0.2, 0) is 6.18 Å². The summed E-state index contributed by atoms with van der Waals surface area (Å²) in [6.45, 7) is 0. The van der Waals surface area contributed by atoms with E-state index in [0.29, 0.717) is 0 Å². The highest BCUT2D eigenvalue weighted by atomic mass is 19.4. The SMILES string of the molecule is OC(c1c(F)c(F)c(F)c(F)c1F)c1c(F)c(F)c(Oc2c(F)c(F)c(C(F)(F)F)c(F)c2F)c(F)c1F. The van der Waals surface area contributed by atoms with Crippen LogP contribution in [-0.4, -0.2) is 5.11 Å². The van der Waals surface area contributed by atoms with Gasteiger partial charge in [-0.25, -0.2) is 39.5 Å². The van der Waals surface area contributed by atoms with Gasteiger partial charge in [0.05, 0.1) is 11.1 Å². The zero-order chi connectivity index (χ0) is 29.2. The lowest BCUT2D eigenvalue weighted by Gasteiger charge is -2.19. The van der Waals surface area contributed by atoms with Crippen LogP contribution in [0.1, 0.15) is 22.8 Å². The van der Waals surface area contributed by atoms with Crippen LogP contribution in [0, 0.1) is 75.6 Å². The third-order valence-electron chi connectivity index (χ3n) is 4.76. The Morgan fingerprint density at radius 3 is 1.00 bits per heavy atom. The second-order valence-corrected chi connectivity index (χ2v) is 6.94. The molecule has 0 heterocycles. The Kier molecular flexibility index (Phi) is 7.26. The van der Waals surface area contributed by atoms with E-state index in [1.165, 1.54) is 0 Å². The summed E-state index contributed by atoms with van der Waals surface area (Å²) in [7, 11) is 0. The fourth-order valence-corrected chi connectivity index (χ4v) is 3.02. The third-order valence-corrected chi connectivity index (χ3v) is 4.76. The van der Waals surface area contributed by atoms with Crippen LogP contribution in [0.25, 0.3) is 0 Å². The zero-order valence-electron chi connectivity index (χ0n) is 17.0. The van der Waals surface area contributed by atoms with Crippen LogP contribution >= 0.6 is 0 Å². The largest absolute Gasteiger partial charge is 0.444 e. The second-order valence-electron chi connectivity index (χ2n) is 6.94. The van der Waals surface area contributed by atoms with Crippen molar-refractivity contribution in [1.29, 1.82) is 0 Å². The van der Waals surface area contributed by atoms with Crippen molar-refractivity contribution in [2.75, 3.05) is 0 Å². The molecule has 0 aliphatic carbocycles. The van der Waals surface area contributed by atoms with E-state index in [1.807, 2.05) is 0 Å². The summed E-state index contributed by atoms with van der Waals surface area (Å²) in [5.41, 5.74) is -8.09. The van der Waals surface area contributed by atoms with Gasteiger partial charge in [-0.2, -0.15) is 30.7 Å². The van der Waals surface area contributed by atoms with Gasteiger partial charge < -0.3 is 9.84 Å². The molecule has 0 aliphatic heterocycles. The van der Waals surface area contributed by atoms with Gasteiger partial charge in [-0.3, -0.25) is 0 Å². The quantitative estimate of drug-likeness (QED) is 0.199. The monoisotopic (exact) mass is 578 g/mol. The van der Waals surface area contributed by atoms with Crippen molar-refractivity contribution in [2.24, 2.45) is 0 Å². The standard InChI is InChI=1S/C20H2F16O2/c21-4-1(5(22)11(28)12(29)10(4)27)17(37)2-6(23)13(30)18(14(31)7(2)24)38-19-15(32)8(25)3(20(34,35)36)9(26)16(19)33/h17,37H. The summed E-state index contributed by atoms with van der Waals surface area (Å²) < 4.78 is 222. The Morgan fingerprint density at radius 2 is 0.684 bits per heavy atom. The maximum Gasteiger partial charge on any atom is 0.422 e. The van der Waals surface area contributed by atoms with Crippen molar-refractivity contribution in [2.45, 2.75) is 12.3 Å². The van der Waals surface area contributed by atoms with Gasteiger partial charge in [-0.15, -0.1) is 0 Å². The average molecular weight is 578 g/mol. The van der Waals surface area contributed by atoms with E-state index >= 15 is 0 Å². The Morgan fingerprint density at radius 1 is 0.421 bits per heavy atom. The van der Waals surface area contributed by atoms with Gasteiger partial charge in [0.15, 0.2) is 46.5 Å². The number of aliphatic hydroxyl groups excluding tert-OH is 1. The minimum Gasteiger partial charge on any atom is -0.444 e. The number of hydrogen-bond acceptors (Lipinski definition) is 2. The maximum absolute atomic E-state index is 14.5. The molecule has 38 heavy (non-hydrogen) atoms. The van der Waals surface area contributed by atoms with Crippen molar-refractivity contribution in [3.63, 3.8) is 0 Å². The van der Waals surface area contributed by atoms with Crippen molar-refractivity contribution in [3.8, 4) is 11.5 Å². The molecule has 3 rings (SSSR count). The predicted octanol–water partition coefficient (Wildman–Crippen LogP) is 7.39. The predicted molar refractivity (Wildman–Crippen MR) is 87.9 cm³/mol. The number of halogens is 16. The molecule has 18 heteroatoms. The number of benzene rings is 3. The summed E-state index contributed by atoms with van der Waals surface area (Å²) in [6.07, 6.45) is -9.77. The van der Waals surface area contributed by atoms with E-state index in [0.717, 1.165) is 0 Å². The molecule has 0 spiro atoms. The molecule has 206 valence electrons. The number of aliphatic hydroxyl groups is 1. The molecular weight excluding hydrogens is 576 g/mol. The lowest BCUT2D eigenvalue weighted by molar-refractivity contribution is -0.143. The van der Waals surface area contributed by atoms with Crippen LogP contribution in [0.4, 0.5) is 70.2 Å². The van der Waals surface area contributed by atoms with Crippen LogP contribution in [0.15, 0.2) is 0 Å². The van der Waals surface area contributed by atoms with Gasteiger partial charge >= 0.3 is 6.18 Å². The molecule has 0 aromatic heterocycles. The first kappa shape index (κ1) is 28.9. The minimum absolute atomic E-state index is 2.42. The summed E-state index contributed by atoms with van der Waals surface area (Å²) in [4.78, 5) is 0. The number of alkyl halides is 3. The number of rotatable bonds is 4. The van der Waals surface area contributed by atoms with Crippen molar-refractivity contribution < 1.29 is 80.1 Å². The molecule has 0 bridgehead atoms. The fraction of sp³-hybridized carbons (Fsp3) is 0.100. The Balaban J connectivity index is 2.24. The van der Waals surface area contributed by atoms with E-state index in [-0.39, 0.29) is 0 Å². The molecular formula is C20H2F16O2. The first-order valence-electron chi connectivity index (χ1n) is 9.02. The van der Waals surface area contributed by atoms with Crippen LogP contribution in [0.3, 0.4) is 0 Å². The Hall–Kier alpha value is -3.70. The van der Waals surface area contributed by atoms with Gasteiger partial charge in [0.1, 0.15) is 11.7 Å².